The first-order valence-corrected chi connectivity index (χ1v) is 11.2. The Morgan fingerprint density at radius 3 is 2.25 bits per heavy atom. The molecule has 2 rings (SSSR count). The van der Waals surface area contributed by atoms with E-state index in [0.717, 1.165) is 37.7 Å². The minimum Gasteiger partial charge on any atom is -0.436 e. The van der Waals surface area contributed by atoms with E-state index in [1.165, 1.54) is 21.1 Å². The molecule has 1 N–H and O–H groups in total. The standard InChI is InChI=1S/C20H30NO6P/c1-16(22)27-20(28(24,25-2)26-3,15-14-17-10-6-4-7-11-17)19(23)21-18-12-8-5-9-13-18/h4,6-7,10-11,18H,5,8-9,12-15H2,1-3H3,(H,21,23). The van der Waals surface area contributed by atoms with Crippen LogP contribution in [-0.4, -0.2) is 37.5 Å². The van der Waals surface area contributed by atoms with E-state index in [1.54, 1.807) is 0 Å². The quantitative estimate of drug-likeness (QED) is 0.491. The van der Waals surface area contributed by atoms with Crippen molar-refractivity contribution >= 4 is 19.5 Å². The summed E-state index contributed by atoms with van der Waals surface area (Å²) in [5, 5.41) is 0.881. The van der Waals surface area contributed by atoms with Gasteiger partial charge in [-0.1, -0.05) is 49.6 Å². The van der Waals surface area contributed by atoms with Crippen LogP contribution in [0.3, 0.4) is 0 Å². The lowest BCUT2D eigenvalue weighted by molar-refractivity contribution is -0.161. The largest absolute Gasteiger partial charge is 0.436 e. The van der Waals surface area contributed by atoms with Crippen molar-refractivity contribution in [3.05, 3.63) is 35.9 Å². The van der Waals surface area contributed by atoms with Gasteiger partial charge in [-0.2, -0.15) is 0 Å². The van der Waals surface area contributed by atoms with Crippen molar-refractivity contribution in [2.24, 2.45) is 0 Å². The molecule has 28 heavy (non-hydrogen) atoms. The summed E-state index contributed by atoms with van der Waals surface area (Å²) in [6.45, 7) is 1.18. The summed E-state index contributed by atoms with van der Waals surface area (Å²) in [5.74, 6) is -1.35. The number of hydrogen-bond donors (Lipinski definition) is 1. The zero-order valence-electron chi connectivity index (χ0n) is 16.8. The van der Waals surface area contributed by atoms with Crippen LogP contribution in [0, 0.1) is 0 Å². The van der Waals surface area contributed by atoms with Gasteiger partial charge in [0.05, 0.1) is 0 Å². The van der Waals surface area contributed by atoms with E-state index < -0.39 is 24.8 Å². The molecule has 1 saturated carbocycles. The molecule has 1 aliphatic carbocycles. The van der Waals surface area contributed by atoms with Crippen molar-refractivity contribution in [2.75, 3.05) is 14.2 Å². The van der Waals surface area contributed by atoms with Crippen LogP contribution in [0.15, 0.2) is 30.3 Å². The number of benzene rings is 1. The molecule has 1 aromatic carbocycles. The molecule has 0 radical (unpaired) electrons. The summed E-state index contributed by atoms with van der Waals surface area (Å²) in [6, 6.07) is 9.36. The topological polar surface area (TPSA) is 90.9 Å². The fourth-order valence-corrected chi connectivity index (χ4v) is 5.32. The normalized spacial score (nSPS) is 17.5. The van der Waals surface area contributed by atoms with Crippen LogP contribution in [0.5, 0.6) is 0 Å². The highest BCUT2D eigenvalue weighted by atomic mass is 31.2. The highest BCUT2D eigenvalue weighted by Crippen LogP contribution is 2.61. The summed E-state index contributed by atoms with van der Waals surface area (Å²) < 4.78 is 29.2. The van der Waals surface area contributed by atoms with Gasteiger partial charge in [0.2, 0.25) is 0 Å². The number of nitrogens with one attached hydrogen (secondary N) is 1. The number of aryl methyl sites for hydroxylation is 1. The van der Waals surface area contributed by atoms with Crippen molar-refractivity contribution in [3.63, 3.8) is 0 Å². The van der Waals surface area contributed by atoms with Gasteiger partial charge in [-0.25, -0.2) is 0 Å². The zero-order valence-corrected chi connectivity index (χ0v) is 17.7. The monoisotopic (exact) mass is 411 g/mol. The predicted molar refractivity (Wildman–Crippen MR) is 106 cm³/mol. The third-order valence-electron chi connectivity index (χ3n) is 5.13. The lowest BCUT2D eigenvalue weighted by Gasteiger charge is -2.37. The Labute approximate surface area is 166 Å². The van der Waals surface area contributed by atoms with Crippen LogP contribution in [-0.2, 0) is 34.4 Å². The maximum atomic E-state index is 13.4. The number of amides is 1. The Bertz CT molecular complexity index is 696. The molecule has 156 valence electrons. The number of carbonyl (C=O) groups is 2. The average molecular weight is 411 g/mol. The van der Waals surface area contributed by atoms with Crippen LogP contribution >= 0.6 is 7.60 Å². The number of carbonyl (C=O) groups excluding carboxylic acids is 2. The molecule has 0 aromatic heterocycles. The second kappa shape index (κ2) is 10.2. The van der Waals surface area contributed by atoms with Crippen LogP contribution in [0.25, 0.3) is 0 Å². The van der Waals surface area contributed by atoms with Gasteiger partial charge in [0.15, 0.2) is 0 Å². The third kappa shape index (κ3) is 5.22. The molecule has 1 aliphatic rings. The molecular formula is C20H30NO6P. The molecule has 1 unspecified atom stereocenters. The molecule has 1 aromatic rings. The van der Waals surface area contributed by atoms with Crippen molar-refractivity contribution in [3.8, 4) is 0 Å². The first-order chi connectivity index (χ1) is 13.4. The first kappa shape index (κ1) is 22.6. The number of hydrogen-bond acceptors (Lipinski definition) is 6. The minimum atomic E-state index is -4.09. The second-order valence-electron chi connectivity index (χ2n) is 7.03. The highest BCUT2D eigenvalue weighted by Gasteiger charge is 2.59. The molecule has 0 bridgehead atoms. The maximum absolute atomic E-state index is 13.4. The first-order valence-electron chi connectivity index (χ1n) is 9.63. The minimum absolute atomic E-state index is 0.0197. The fraction of sp³-hybridized carbons (Fsp3) is 0.600. The smallest absolute Gasteiger partial charge is 0.383 e. The van der Waals surface area contributed by atoms with E-state index in [0.29, 0.717) is 6.42 Å². The van der Waals surface area contributed by atoms with Gasteiger partial charge >= 0.3 is 13.6 Å². The van der Waals surface area contributed by atoms with Crippen LogP contribution in [0.2, 0.25) is 0 Å². The van der Waals surface area contributed by atoms with Gasteiger partial charge in [0.1, 0.15) is 0 Å². The maximum Gasteiger partial charge on any atom is 0.383 e. The van der Waals surface area contributed by atoms with Crippen molar-refractivity contribution < 1.29 is 27.9 Å². The van der Waals surface area contributed by atoms with Gasteiger partial charge in [-0.3, -0.25) is 14.2 Å². The number of rotatable bonds is 9. The van der Waals surface area contributed by atoms with Gasteiger partial charge < -0.3 is 19.1 Å². The van der Waals surface area contributed by atoms with Crippen molar-refractivity contribution in [1.29, 1.82) is 0 Å². The van der Waals surface area contributed by atoms with E-state index in [4.69, 9.17) is 13.8 Å². The average Bonchev–Trinajstić information content (AvgIpc) is 2.71. The molecular weight excluding hydrogens is 381 g/mol. The molecule has 0 aliphatic heterocycles. The highest BCUT2D eigenvalue weighted by molar-refractivity contribution is 7.56. The van der Waals surface area contributed by atoms with Crippen LogP contribution in [0.1, 0.15) is 51.0 Å². The Morgan fingerprint density at radius 1 is 1.11 bits per heavy atom. The van der Waals surface area contributed by atoms with Gasteiger partial charge in [0, 0.05) is 33.6 Å². The Balaban J connectivity index is 2.37. The lowest BCUT2D eigenvalue weighted by Crippen LogP contribution is -2.53. The summed E-state index contributed by atoms with van der Waals surface area (Å²) >= 11 is 0. The molecule has 8 heteroatoms. The van der Waals surface area contributed by atoms with Gasteiger partial charge in [0.25, 0.3) is 11.2 Å². The summed E-state index contributed by atoms with van der Waals surface area (Å²) in [5.41, 5.74) is 0.920. The van der Waals surface area contributed by atoms with E-state index >= 15 is 0 Å². The van der Waals surface area contributed by atoms with Crippen LogP contribution < -0.4 is 5.32 Å². The summed E-state index contributed by atoms with van der Waals surface area (Å²) in [7, 11) is -1.71. The van der Waals surface area contributed by atoms with E-state index in [9.17, 15) is 14.2 Å². The lowest BCUT2D eigenvalue weighted by atomic mass is 9.95. The molecule has 1 atom stereocenters. The summed E-state index contributed by atoms with van der Waals surface area (Å²) in [4.78, 5) is 25.2. The number of esters is 1. The van der Waals surface area contributed by atoms with E-state index in [1.807, 2.05) is 30.3 Å². The molecule has 7 nitrogen and oxygen atoms in total. The van der Waals surface area contributed by atoms with Crippen LogP contribution in [0.4, 0.5) is 0 Å². The SMILES string of the molecule is COP(=O)(OC)C(CCc1ccccc1)(OC(C)=O)C(=O)NC1CCCCC1. The van der Waals surface area contributed by atoms with Gasteiger partial charge in [-0.05, 0) is 24.8 Å². The van der Waals surface area contributed by atoms with Gasteiger partial charge in [-0.15, -0.1) is 0 Å². The molecule has 0 spiro atoms. The van der Waals surface area contributed by atoms with Crippen molar-refractivity contribution in [2.45, 2.75) is 63.3 Å². The Kier molecular flexibility index (Phi) is 8.23. The summed E-state index contributed by atoms with van der Waals surface area (Å²) in [6.07, 6.45) is 5.18. The Hall–Kier alpha value is -1.69. The third-order valence-corrected chi connectivity index (χ3v) is 7.49. The molecule has 0 heterocycles. The molecule has 0 saturated heterocycles. The molecule has 1 fully saturated rings. The molecule has 1 amide bonds. The number of ether oxygens (including phenoxy) is 1. The van der Waals surface area contributed by atoms with Crippen molar-refractivity contribution in [1.82, 2.24) is 5.32 Å². The zero-order chi connectivity index (χ0) is 20.6. The fourth-order valence-electron chi connectivity index (χ4n) is 3.64. The van der Waals surface area contributed by atoms with E-state index in [2.05, 4.69) is 5.32 Å². The second-order valence-corrected chi connectivity index (χ2v) is 9.48. The van der Waals surface area contributed by atoms with E-state index in [-0.39, 0.29) is 12.5 Å². The Morgan fingerprint density at radius 2 is 1.71 bits per heavy atom. The predicted octanol–water partition coefficient (Wildman–Crippen LogP) is 3.81.